The first-order valence-corrected chi connectivity index (χ1v) is 5.00. The van der Waals surface area contributed by atoms with Crippen LogP contribution in [0.25, 0.3) is 0 Å². The lowest BCUT2D eigenvalue weighted by Gasteiger charge is -2.10. The van der Waals surface area contributed by atoms with Crippen LogP contribution in [0.4, 0.5) is 13.2 Å². The van der Waals surface area contributed by atoms with E-state index in [0.717, 1.165) is 6.07 Å². The second-order valence-electron chi connectivity index (χ2n) is 3.72. The summed E-state index contributed by atoms with van der Waals surface area (Å²) in [6.45, 7) is 1.65. The van der Waals surface area contributed by atoms with Gasteiger partial charge in [0.25, 0.3) is 5.91 Å². The second-order valence-corrected chi connectivity index (χ2v) is 3.72. The van der Waals surface area contributed by atoms with Gasteiger partial charge < -0.3 is 10.4 Å². The van der Waals surface area contributed by atoms with Crippen LogP contribution in [-0.4, -0.2) is 24.2 Å². The fourth-order valence-electron chi connectivity index (χ4n) is 1.13. The van der Waals surface area contributed by atoms with Gasteiger partial charge in [-0.15, -0.1) is 0 Å². The number of rotatable bonds is 4. The number of amides is 1. The monoisotopic (exact) mass is 247 g/mol. The highest BCUT2D eigenvalue weighted by molar-refractivity contribution is 5.94. The number of hydrogen-bond donors (Lipinski definition) is 2. The SMILES string of the molecule is CC(CO)CNC(=O)c1ccc(F)c(F)c1F. The van der Waals surface area contributed by atoms with Crippen LogP contribution < -0.4 is 5.32 Å². The average Bonchev–Trinajstić information content (AvgIpc) is 2.32. The fraction of sp³-hybridized carbons (Fsp3) is 0.364. The largest absolute Gasteiger partial charge is 0.396 e. The number of carbonyl (C=O) groups excluding carboxylic acids is 1. The van der Waals surface area contributed by atoms with Gasteiger partial charge in [0.05, 0.1) is 5.56 Å². The number of hydrogen-bond acceptors (Lipinski definition) is 2. The van der Waals surface area contributed by atoms with Gasteiger partial charge in [-0.2, -0.15) is 0 Å². The Bertz CT molecular complexity index is 423. The lowest BCUT2D eigenvalue weighted by Crippen LogP contribution is -2.30. The molecule has 1 unspecified atom stereocenters. The van der Waals surface area contributed by atoms with Gasteiger partial charge in [-0.3, -0.25) is 4.79 Å². The second kappa shape index (κ2) is 5.67. The van der Waals surface area contributed by atoms with Gasteiger partial charge in [0, 0.05) is 13.2 Å². The van der Waals surface area contributed by atoms with Crippen LogP contribution in [0.1, 0.15) is 17.3 Å². The molecule has 94 valence electrons. The molecule has 0 fully saturated rings. The topological polar surface area (TPSA) is 49.3 Å². The van der Waals surface area contributed by atoms with E-state index in [1.807, 2.05) is 0 Å². The van der Waals surface area contributed by atoms with Crippen molar-refractivity contribution in [1.82, 2.24) is 5.32 Å². The molecular formula is C11H12F3NO2. The number of aliphatic hydroxyl groups is 1. The first-order valence-electron chi connectivity index (χ1n) is 5.00. The molecule has 0 aliphatic heterocycles. The van der Waals surface area contributed by atoms with Crippen molar-refractivity contribution in [3.63, 3.8) is 0 Å². The summed E-state index contributed by atoms with van der Waals surface area (Å²) in [7, 11) is 0. The summed E-state index contributed by atoms with van der Waals surface area (Å²) >= 11 is 0. The minimum Gasteiger partial charge on any atom is -0.396 e. The summed E-state index contributed by atoms with van der Waals surface area (Å²) in [4.78, 5) is 11.4. The lowest BCUT2D eigenvalue weighted by atomic mass is 10.1. The van der Waals surface area contributed by atoms with E-state index in [0.29, 0.717) is 6.07 Å². The molecule has 0 aliphatic rings. The van der Waals surface area contributed by atoms with Crippen molar-refractivity contribution in [2.45, 2.75) is 6.92 Å². The van der Waals surface area contributed by atoms with Gasteiger partial charge in [-0.1, -0.05) is 6.92 Å². The molecule has 0 saturated heterocycles. The molecule has 1 aromatic rings. The van der Waals surface area contributed by atoms with Crippen LogP contribution in [-0.2, 0) is 0 Å². The fourth-order valence-corrected chi connectivity index (χ4v) is 1.13. The van der Waals surface area contributed by atoms with E-state index in [-0.39, 0.29) is 19.1 Å². The molecule has 0 spiro atoms. The Morgan fingerprint density at radius 2 is 2.00 bits per heavy atom. The van der Waals surface area contributed by atoms with Gasteiger partial charge in [-0.05, 0) is 18.1 Å². The maximum Gasteiger partial charge on any atom is 0.254 e. The Morgan fingerprint density at radius 1 is 1.35 bits per heavy atom. The van der Waals surface area contributed by atoms with Crippen molar-refractivity contribution in [2.75, 3.05) is 13.2 Å². The molecule has 1 aromatic carbocycles. The van der Waals surface area contributed by atoms with Gasteiger partial charge in [0.15, 0.2) is 17.5 Å². The van der Waals surface area contributed by atoms with E-state index in [1.54, 1.807) is 6.92 Å². The molecule has 0 aliphatic carbocycles. The standard InChI is InChI=1S/C11H12F3NO2/c1-6(5-16)4-15-11(17)7-2-3-8(12)10(14)9(7)13/h2-3,6,16H,4-5H2,1H3,(H,15,17). The van der Waals surface area contributed by atoms with Crippen molar-refractivity contribution in [2.24, 2.45) is 5.92 Å². The first-order chi connectivity index (χ1) is 7.97. The van der Waals surface area contributed by atoms with E-state index in [1.165, 1.54) is 0 Å². The Hall–Kier alpha value is -1.56. The third-order valence-corrected chi connectivity index (χ3v) is 2.20. The number of benzene rings is 1. The highest BCUT2D eigenvalue weighted by atomic mass is 19.2. The van der Waals surface area contributed by atoms with E-state index in [4.69, 9.17) is 5.11 Å². The molecule has 2 N–H and O–H groups in total. The molecule has 6 heteroatoms. The summed E-state index contributed by atoms with van der Waals surface area (Å²) in [5.41, 5.74) is -0.561. The van der Waals surface area contributed by atoms with E-state index >= 15 is 0 Å². The van der Waals surface area contributed by atoms with Crippen LogP contribution >= 0.6 is 0 Å². The summed E-state index contributed by atoms with van der Waals surface area (Å²) in [6.07, 6.45) is 0. The summed E-state index contributed by atoms with van der Waals surface area (Å²) in [5.74, 6) is -5.58. The molecule has 0 bridgehead atoms. The van der Waals surface area contributed by atoms with Crippen molar-refractivity contribution in [1.29, 1.82) is 0 Å². The molecule has 1 amide bonds. The quantitative estimate of drug-likeness (QED) is 0.791. The molecule has 17 heavy (non-hydrogen) atoms. The van der Waals surface area contributed by atoms with Crippen LogP contribution in [0.2, 0.25) is 0 Å². The van der Waals surface area contributed by atoms with Gasteiger partial charge in [0.2, 0.25) is 0 Å². The first kappa shape index (κ1) is 13.5. The minimum atomic E-state index is -1.67. The smallest absolute Gasteiger partial charge is 0.254 e. The van der Waals surface area contributed by atoms with Crippen LogP contribution in [0.3, 0.4) is 0 Å². The Morgan fingerprint density at radius 3 is 2.59 bits per heavy atom. The molecule has 0 saturated carbocycles. The van der Waals surface area contributed by atoms with Crippen molar-refractivity contribution in [3.8, 4) is 0 Å². The Kier molecular flexibility index (Phi) is 4.51. The van der Waals surface area contributed by atoms with E-state index < -0.39 is 28.9 Å². The summed E-state index contributed by atoms with van der Waals surface area (Å²) in [6, 6.07) is 1.55. The molecule has 0 radical (unpaired) electrons. The molecule has 0 aromatic heterocycles. The molecule has 1 atom stereocenters. The molecular weight excluding hydrogens is 235 g/mol. The van der Waals surface area contributed by atoms with Gasteiger partial charge in [0.1, 0.15) is 0 Å². The Balaban J connectivity index is 2.80. The van der Waals surface area contributed by atoms with Crippen molar-refractivity contribution < 1.29 is 23.1 Å². The van der Waals surface area contributed by atoms with Crippen LogP contribution in [0.5, 0.6) is 0 Å². The zero-order chi connectivity index (χ0) is 13.0. The van der Waals surface area contributed by atoms with Crippen LogP contribution in [0.15, 0.2) is 12.1 Å². The lowest BCUT2D eigenvalue weighted by molar-refractivity contribution is 0.0937. The minimum absolute atomic E-state index is 0.119. The van der Waals surface area contributed by atoms with Crippen molar-refractivity contribution in [3.05, 3.63) is 35.1 Å². The summed E-state index contributed by atoms with van der Waals surface area (Å²) < 4.78 is 38.7. The van der Waals surface area contributed by atoms with Gasteiger partial charge >= 0.3 is 0 Å². The zero-order valence-electron chi connectivity index (χ0n) is 9.14. The number of carbonyl (C=O) groups is 1. The molecule has 0 heterocycles. The predicted molar refractivity (Wildman–Crippen MR) is 54.9 cm³/mol. The highest BCUT2D eigenvalue weighted by Gasteiger charge is 2.18. The van der Waals surface area contributed by atoms with Gasteiger partial charge in [-0.25, -0.2) is 13.2 Å². The number of halogens is 3. The van der Waals surface area contributed by atoms with E-state index in [9.17, 15) is 18.0 Å². The average molecular weight is 247 g/mol. The maximum atomic E-state index is 13.2. The zero-order valence-corrected chi connectivity index (χ0v) is 9.14. The van der Waals surface area contributed by atoms with Crippen LogP contribution in [0, 0.1) is 23.4 Å². The molecule has 3 nitrogen and oxygen atoms in total. The maximum absolute atomic E-state index is 13.2. The predicted octanol–water partition coefficient (Wildman–Crippen LogP) is 1.46. The highest BCUT2D eigenvalue weighted by Crippen LogP contribution is 2.14. The normalized spacial score (nSPS) is 12.3. The summed E-state index contributed by atoms with van der Waals surface area (Å²) in [5, 5.41) is 11.0. The number of nitrogens with one attached hydrogen (secondary N) is 1. The van der Waals surface area contributed by atoms with E-state index in [2.05, 4.69) is 5.32 Å². The third kappa shape index (κ3) is 3.20. The third-order valence-electron chi connectivity index (χ3n) is 2.20. The van der Waals surface area contributed by atoms with Crippen molar-refractivity contribution >= 4 is 5.91 Å². The molecule has 1 rings (SSSR count). The number of aliphatic hydroxyl groups excluding tert-OH is 1. The Labute approximate surface area is 96.3 Å².